The summed E-state index contributed by atoms with van der Waals surface area (Å²) in [5, 5.41) is 6.67. The van der Waals surface area contributed by atoms with Gasteiger partial charge in [-0.3, -0.25) is 4.79 Å². The lowest BCUT2D eigenvalue weighted by Crippen LogP contribution is -2.36. The molecule has 0 amide bonds. The second kappa shape index (κ2) is 8.64. The van der Waals surface area contributed by atoms with E-state index in [0.717, 1.165) is 36.2 Å². The number of aromatic nitrogens is 4. The van der Waals surface area contributed by atoms with Crippen LogP contribution >= 0.6 is 0 Å². The largest absolute Gasteiger partial charge is 0.408 e. The predicted molar refractivity (Wildman–Crippen MR) is 140 cm³/mol. The molecule has 11 heteroatoms. The number of hydrogen-bond donors (Lipinski definition) is 2. The van der Waals surface area contributed by atoms with Gasteiger partial charge in [0.15, 0.2) is 5.65 Å². The number of benzene rings is 2. The number of alkyl halides is 3. The number of rotatable bonds is 4. The number of fused-ring (bicyclic) bond motifs is 3. The summed E-state index contributed by atoms with van der Waals surface area (Å²) in [6.45, 7) is 4.76. The highest BCUT2D eigenvalue weighted by Crippen LogP contribution is 2.49. The Labute approximate surface area is 221 Å². The SMILES string of the molecule is CC(C)(C)c1cc(-n2c3nc(Nc4ccc5c(c4)CCNC54CC4)ncc3c(=O)n2CC(F)(F)F)ccc1F. The molecule has 0 saturated heterocycles. The summed E-state index contributed by atoms with van der Waals surface area (Å²) in [7, 11) is 0. The Balaban J connectivity index is 1.46. The van der Waals surface area contributed by atoms with Gasteiger partial charge in [-0.15, -0.1) is 0 Å². The molecule has 4 aromatic rings. The van der Waals surface area contributed by atoms with Crippen molar-refractivity contribution < 1.29 is 17.6 Å². The summed E-state index contributed by atoms with van der Waals surface area (Å²) in [6, 6.07) is 10.0. The van der Waals surface area contributed by atoms with E-state index in [1.165, 1.54) is 35.5 Å². The van der Waals surface area contributed by atoms with Gasteiger partial charge in [0.05, 0.1) is 5.69 Å². The van der Waals surface area contributed by atoms with Crippen LogP contribution in [0.15, 0.2) is 47.4 Å². The average Bonchev–Trinajstić information content (AvgIpc) is 3.57. The standard InChI is InChI=1S/C28H28F4N6O/c1-26(2,3)21-13-18(5-7-22(21)29)38-23-19(24(39)37(38)15-28(30,31)32)14-33-25(36-23)35-17-4-6-20-16(12-17)8-11-34-27(20)9-10-27/h4-7,12-14,34H,8-11,15H2,1-3H3,(H,33,35,36). The maximum Gasteiger partial charge on any atom is 0.408 e. The van der Waals surface area contributed by atoms with Crippen LogP contribution in [0.5, 0.6) is 0 Å². The Morgan fingerprint density at radius 1 is 1.10 bits per heavy atom. The van der Waals surface area contributed by atoms with Crippen LogP contribution in [0.2, 0.25) is 0 Å². The van der Waals surface area contributed by atoms with Gasteiger partial charge in [0.1, 0.15) is 17.7 Å². The van der Waals surface area contributed by atoms with E-state index >= 15 is 0 Å². The second-order valence-corrected chi connectivity index (χ2v) is 11.4. The minimum absolute atomic E-state index is 0.00712. The van der Waals surface area contributed by atoms with Crippen LogP contribution < -0.4 is 16.2 Å². The fraction of sp³-hybridized carbons (Fsp3) is 0.393. The molecule has 2 aliphatic rings. The minimum Gasteiger partial charge on any atom is -0.324 e. The maximum atomic E-state index is 14.7. The first kappa shape index (κ1) is 25.5. The zero-order chi connectivity index (χ0) is 27.7. The van der Waals surface area contributed by atoms with Gasteiger partial charge in [-0.2, -0.15) is 18.2 Å². The number of nitrogens with zero attached hydrogens (tertiary/aromatic N) is 4. The van der Waals surface area contributed by atoms with Gasteiger partial charge in [-0.1, -0.05) is 26.8 Å². The molecule has 7 nitrogen and oxygen atoms in total. The summed E-state index contributed by atoms with van der Waals surface area (Å²) >= 11 is 0. The van der Waals surface area contributed by atoms with E-state index < -0.39 is 29.5 Å². The molecular weight excluding hydrogens is 512 g/mol. The molecule has 1 aliphatic carbocycles. The van der Waals surface area contributed by atoms with Crippen LogP contribution in [0.1, 0.15) is 50.3 Å². The van der Waals surface area contributed by atoms with Gasteiger partial charge in [-0.25, -0.2) is 18.7 Å². The first-order chi connectivity index (χ1) is 18.3. The molecule has 0 bridgehead atoms. The summed E-state index contributed by atoms with van der Waals surface area (Å²) < 4.78 is 57.0. The Morgan fingerprint density at radius 2 is 1.87 bits per heavy atom. The Hall–Kier alpha value is -3.73. The number of halogens is 4. The van der Waals surface area contributed by atoms with E-state index in [4.69, 9.17) is 0 Å². The molecule has 2 N–H and O–H groups in total. The second-order valence-electron chi connectivity index (χ2n) is 11.4. The van der Waals surface area contributed by atoms with Crippen LogP contribution in [0, 0.1) is 5.82 Å². The van der Waals surface area contributed by atoms with Crippen LogP contribution in [0.25, 0.3) is 16.7 Å². The van der Waals surface area contributed by atoms with Gasteiger partial charge in [0.25, 0.3) is 5.56 Å². The molecule has 0 unspecified atom stereocenters. The van der Waals surface area contributed by atoms with Crippen molar-refractivity contribution in [2.24, 2.45) is 0 Å². The van der Waals surface area contributed by atoms with E-state index in [9.17, 15) is 22.4 Å². The smallest absolute Gasteiger partial charge is 0.324 e. The van der Waals surface area contributed by atoms with Gasteiger partial charge in [0.2, 0.25) is 5.95 Å². The fourth-order valence-electron chi connectivity index (χ4n) is 5.46. The Kier molecular flexibility index (Phi) is 5.66. The number of nitrogens with one attached hydrogen (secondary N) is 2. The molecule has 204 valence electrons. The maximum absolute atomic E-state index is 14.7. The van der Waals surface area contributed by atoms with E-state index in [-0.39, 0.29) is 28.2 Å². The molecule has 1 spiro atoms. The van der Waals surface area contributed by atoms with Gasteiger partial charge in [-0.05, 0) is 71.7 Å². The normalized spacial score (nSPS) is 16.5. The van der Waals surface area contributed by atoms with E-state index in [1.807, 2.05) is 12.1 Å². The van der Waals surface area contributed by atoms with Crippen LogP contribution in [-0.2, 0) is 23.9 Å². The average molecular weight is 541 g/mol. The highest BCUT2D eigenvalue weighted by Gasteiger charge is 2.46. The Bertz CT molecular complexity index is 1660. The fourth-order valence-corrected chi connectivity index (χ4v) is 5.46. The lowest BCUT2D eigenvalue weighted by molar-refractivity contribution is -0.144. The molecule has 2 aromatic carbocycles. The van der Waals surface area contributed by atoms with Crippen molar-refractivity contribution in [1.82, 2.24) is 24.6 Å². The molecule has 0 atom stereocenters. The first-order valence-corrected chi connectivity index (χ1v) is 12.9. The molecule has 1 aliphatic heterocycles. The van der Waals surface area contributed by atoms with Gasteiger partial charge in [0, 0.05) is 24.0 Å². The number of hydrogen-bond acceptors (Lipinski definition) is 5. The topological polar surface area (TPSA) is 76.8 Å². The van der Waals surface area contributed by atoms with E-state index in [0.29, 0.717) is 10.2 Å². The minimum atomic E-state index is -4.67. The monoisotopic (exact) mass is 540 g/mol. The molecular formula is C28H28F4N6O. The van der Waals surface area contributed by atoms with Crippen molar-refractivity contribution in [2.45, 2.75) is 63.7 Å². The van der Waals surface area contributed by atoms with Crippen molar-refractivity contribution >= 4 is 22.7 Å². The Morgan fingerprint density at radius 3 is 2.56 bits per heavy atom. The summed E-state index contributed by atoms with van der Waals surface area (Å²) in [6.07, 6.45) is -0.341. The molecule has 1 fully saturated rings. The summed E-state index contributed by atoms with van der Waals surface area (Å²) in [5.41, 5.74) is 2.33. The molecule has 2 aromatic heterocycles. The van der Waals surface area contributed by atoms with E-state index in [2.05, 4.69) is 26.7 Å². The molecule has 0 radical (unpaired) electrons. The lowest BCUT2D eigenvalue weighted by Gasteiger charge is -2.27. The van der Waals surface area contributed by atoms with Crippen LogP contribution in [0.3, 0.4) is 0 Å². The zero-order valence-corrected chi connectivity index (χ0v) is 21.8. The van der Waals surface area contributed by atoms with Crippen molar-refractivity contribution in [2.75, 3.05) is 11.9 Å². The molecule has 6 rings (SSSR count). The quantitative estimate of drug-likeness (QED) is 0.336. The third kappa shape index (κ3) is 4.58. The van der Waals surface area contributed by atoms with E-state index in [1.54, 1.807) is 20.8 Å². The number of anilines is 2. The predicted octanol–water partition coefficient (Wildman–Crippen LogP) is 5.46. The van der Waals surface area contributed by atoms with Crippen molar-refractivity contribution in [3.63, 3.8) is 0 Å². The first-order valence-electron chi connectivity index (χ1n) is 12.9. The third-order valence-corrected chi connectivity index (χ3v) is 7.49. The highest BCUT2D eigenvalue weighted by atomic mass is 19.4. The lowest BCUT2D eigenvalue weighted by atomic mass is 9.86. The van der Waals surface area contributed by atoms with Crippen molar-refractivity contribution in [1.29, 1.82) is 0 Å². The van der Waals surface area contributed by atoms with Gasteiger partial charge >= 0.3 is 6.18 Å². The summed E-state index contributed by atoms with van der Waals surface area (Å²) in [4.78, 5) is 21.8. The zero-order valence-electron chi connectivity index (χ0n) is 21.8. The van der Waals surface area contributed by atoms with Crippen molar-refractivity contribution in [3.05, 3.63) is 75.5 Å². The van der Waals surface area contributed by atoms with Gasteiger partial charge < -0.3 is 10.6 Å². The summed E-state index contributed by atoms with van der Waals surface area (Å²) in [5.74, 6) is -0.353. The molecule has 3 heterocycles. The van der Waals surface area contributed by atoms with Crippen LogP contribution in [-0.4, -0.2) is 32.1 Å². The molecule has 39 heavy (non-hydrogen) atoms. The molecule has 1 saturated carbocycles. The van der Waals surface area contributed by atoms with Crippen LogP contribution in [0.4, 0.5) is 29.2 Å². The van der Waals surface area contributed by atoms with Crippen molar-refractivity contribution in [3.8, 4) is 5.69 Å². The highest BCUT2D eigenvalue weighted by molar-refractivity contribution is 5.77. The third-order valence-electron chi connectivity index (χ3n) is 7.49.